The highest BCUT2D eigenvalue weighted by molar-refractivity contribution is 6.31. The van der Waals surface area contributed by atoms with Gasteiger partial charge in [-0.15, -0.1) is 0 Å². The minimum atomic E-state index is -0.653. The maximum absolute atomic E-state index is 13.6. The first-order valence-electron chi connectivity index (χ1n) is 10.3. The van der Waals surface area contributed by atoms with Gasteiger partial charge in [-0.25, -0.2) is 0 Å². The largest absolute Gasteiger partial charge is 0.440 e. The molecule has 0 saturated carbocycles. The predicted molar refractivity (Wildman–Crippen MR) is 118 cm³/mol. The third-order valence-electron chi connectivity index (χ3n) is 5.82. The molecule has 6 nitrogen and oxygen atoms in total. The lowest BCUT2D eigenvalue weighted by atomic mass is 9.84. The van der Waals surface area contributed by atoms with Crippen LogP contribution in [0.5, 0.6) is 5.75 Å². The van der Waals surface area contributed by atoms with Gasteiger partial charge in [0, 0.05) is 29.7 Å². The number of allylic oxidation sites excluding steroid dienone is 1. The van der Waals surface area contributed by atoms with Gasteiger partial charge in [0.15, 0.2) is 0 Å². The van der Waals surface area contributed by atoms with Gasteiger partial charge in [-0.3, -0.25) is 4.79 Å². The Morgan fingerprint density at radius 3 is 2.63 bits per heavy atom. The van der Waals surface area contributed by atoms with Crippen LogP contribution in [-0.4, -0.2) is 24.2 Å². The van der Waals surface area contributed by atoms with E-state index in [9.17, 15) is 10.1 Å². The molecule has 0 unspecified atom stereocenters. The Labute approximate surface area is 182 Å². The van der Waals surface area contributed by atoms with Crippen molar-refractivity contribution in [2.45, 2.75) is 39.7 Å². The van der Waals surface area contributed by atoms with Crippen molar-refractivity contribution in [2.75, 3.05) is 19.6 Å². The zero-order chi connectivity index (χ0) is 21.8. The summed E-state index contributed by atoms with van der Waals surface area (Å²) < 4.78 is 7.46. The molecule has 0 spiro atoms. The first-order chi connectivity index (χ1) is 14.4. The van der Waals surface area contributed by atoms with Crippen LogP contribution in [0.2, 0.25) is 5.02 Å². The molecule has 0 radical (unpaired) electrons. The molecule has 1 aliphatic rings. The lowest BCUT2D eigenvalue weighted by Crippen LogP contribution is -3.11. The van der Waals surface area contributed by atoms with Crippen LogP contribution in [0.15, 0.2) is 46.6 Å². The molecule has 0 saturated heterocycles. The average molecular weight is 428 g/mol. The van der Waals surface area contributed by atoms with E-state index in [1.165, 1.54) is 4.90 Å². The number of fused-ring (bicyclic) bond motifs is 1. The monoisotopic (exact) mass is 427 g/mol. The van der Waals surface area contributed by atoms with E-state index in [4.69, 9.17) is 22.1 Å². The summed E-state index contributed by atoms with van der Waals surface area (Å²) in [5.74, 6) is -0.249. The standard InChI is InChI=1S/C23H27ClN4O2/c1-4-27(5-2)11-8-12-28-15(3)13-19-21(23(28)29)20(17(14-25)22(26)30-19)16-9-6-7-10-18(16)24/h6-7,9-10,13,20H,4-5,8,11-12,26H2,1-3H3/p+1/t20-/m1/s1. The van der Waals surface area contributed by atoms with Gasteiger partial charge in [-0.05, 0) is 32.4 Å². The third-order valence-corrected chi connectivity index (χ3v) is 6.16. The van der Waals surface area contributed by atoms with E-state index in [0.29, 0.717) is 28.4 Å². The van der Waals surface area contributed by atoms with Gasteiger partial charge >= 0.3 is 0 Å². The molecule has 158 valence electrons. The summed E-state index contributed by atoms with van der Waals surface area (Å²) in [7, 11) is 0. The molecular weight excluding hydrogens is 400 g/mol. The maximum atomic E-state index is 13.6. The molecule has 2 heterocycles. The average Bonchev–Trinajstić information content (AvgIpc) is 2.73. The van der Waals surface area contributed by atoms with Crippen LogP contribution in [0.3, 0.4) is 0 Å². The highest BCUT2D eigenvalue weighted by Gasteiger charge is 2.35. The Hall–Kier alpha value is -2.75. The number of halogens is 1. The quantitative estimate of drug-likeness (QED) is 0.710. The Kier molecular flexibility index (Phi) is 6.86. The fourth-order valence-electron chi connectivity index (χ4n) is 4.08. The molecule has 1 aromatic carbocycles. The van der Waals surface area contributed by atoms with E-state index < -0.39 is 5.92 Å². The Morgan fingerprint density at radius 2 is 2.00 bits per heavy atom. The van der Waals surface area contributed by atoms with E-state index in [1.54, 1.807) is 10.6 Å². The SMILES string of the molecule is CC[NH+](CC)CCCn1c(C)cc2c(c1=O)[C@H](c1ccccc1Cl)C(C#N)=C(N)O2. The lowest BCUT2D eigenvalue weighted by Gasteiger charge is -2.28. The number of rotatable bonds is 7. The number of benzene rings is 1. The fourth-order valence-corrected chi connectivity index (χ4v) is 4.32. The summed E-state index contributed by atoms with van der Waals surface area (Å²) in [5.41, 5.74) is 7.97. The second kappa shape index (κ2) is 9.38. The molecule has 0 aliphatic carbocycles. The summed E-state index contributed by atoms with van der Waals surface area (Å²) >= 11 is 6.44. The maximum Gasteiger partial charge on any atom is 0.258 e. The van der Waals surface area contributed by atoms with Crippen molar-refractivity contribution < 1.29 is 9.64 Å². The normalized spacial score (nSPS) is 15.7. The number of quaternary nitrogens is 1. The number of nitrogens with one attached hydrogen (secondary N) is 1. The van der Waals surface area contributed by atoms with Crippen LogP contribution >= 0.6 is 11.6 Å². The summed E-state index contributed by atoms with van der Waals surface area (Å²) in [4.78, 5) is 15.1. The van der Waals surface area contributed by atoms with Crippen LogP contribution in [0, 0.1) is 18.3 Å². The number of nitrogens with two attached hydrogens (primary N) is 1. The third kappa shape index (κ3) is 4.09. The first kappa shape index (κ1) is 21.9. The van der Waals surface area contributed by atoms with Crippen LogP contribution in [0.1, 0.15) is 43.0 Å². The Morgan fingerprint density at radius 1 is 1.30 bits per heavy atom. The number of pyridine rings is 1. The van der Waals surface area contributed by atoms with Gasteiger partial charge in [-0.2, -0.15) is 5.26 Å². The summed E-state index contributed by atoms with van der Waals surface area (Å²) in [6.07, 6.45) is 0.886. The van der Waals surface area contributed by atoms with Crippen molar-refractivity contribution in [3.05, 3.63) is 74.0 Å². The van der Waals surface area contributed by atoms with Gasteiger partial charge < -0.3 is 19.9 Å². The number of ether oxygens (including phenoxy) is 1. The molecule has 3 N–H and O–H groups in total. The van der Waals surface area contributed by atoms with Crippen molar-refractivity contribution in [1.29, 1.82) is 5.26 Å². The molecule has 7 heteroatoms. The van der Waals surface area contributed by atoms with Gasteiger partial charge in [0.1, 0.15) is 17.4 Å². The Balaban J connectivity index is 2.09. The first-order valence-corrected chi connectivity index (χ1v) is 10.7. The van der Waals surface area contributed by atoms with Crippen LogP contribution in [0.4, 0.5) is 0 Å². The number of nitriles is 1. The van der Waals surface area contributed by atoms with E-state index >= 15 is 0 Å². The minimum absolute atomic E-state index is 0.0107. The molecule has 0 amide bonds. The van der Waals surface area contributed by atoms with Crippen LogP contribution in [-0.2, 0) is 6.54 Å². The lowest BCUT2D eigenvalue weighted by molar-refractivity contribution is -0.896. The second-order valence-corrected chi connectivity index (χ2v) is 7.93. The van der Waals surface area contributed by atoms with Crippen molar-refractivity contribution in [2.24, 2.45) is 5.73 Å². The zero-order valence-electron chi connectivity index (χ0n) is 17.7. The molecule has 2 aromatic rings. The van der Waals surface area contributed by atoms with Crippen LogP contribution in [0.25, 0.3) is 0 Å². The molecule has 0 fully saturated rings. The molecular formula is C23H28ClN4O2+. The number of aryl methyl sites for hydroxylation is 1. The highest BCUT2D eigenvalue weighted by atomic mass is 35.5. The van der Waals surface area contributed by atoms with Gasteiger partial charge in [-0.1, -0.05) is 29.8 Å². The summed E-state index contributed by atoms with van der Waals surface area (Å²) in [6, 6.07) is 11.2. The zero-order valence-corrected chi connectivity index (χ0v) is 18.4. The molecule has 1 aromatic heterocycles. The summed E-state index contributed by atoms with van der Waals surface area (Å²) in [6.45, 7) is 9.95. The van der Waals surface area contributed by atoms with E-state index in [1.807, 2.05) is 31.2 Å². The van der Waals surface area contributed by atoms with Crippen molar-refractivity contribution in [1.82, 2.24) is 4.57 Å². The number of aromatic nitrogens is 1. The fraction of sp³-hybridized carbons (Fsp3) is 0.391. The van der Waals surface area contributed by atoms with Crippen LogP contribution < -0.4 is 20.9 Å². The molecule has 1 atom stereocenters. The molecule has 1 aliphatic heterocycles. The molecule has 30 heavy (non-hydrogen) atoms. The van der Waals surface area contributed by atoms with Gasteiger partial charge in [0.2, 0.25) is 5.88 Å². The number of hydrogen-bond acceptors (Lipinski definition) is 4. The van der Waals surface area contributed by atoms with Crippen molar-refractivity contribution in [3.8, 4) is 11.8 Å². The van der Waals surface area contributed by atoms with Gasteiger partial charge in [0.05, 0.1) is 31.1 Å². The minimum Gasteiger partial charge on any atom is -0.440 e. The number of hydrogen-bond donors (Lipinski definition) is 2. The smallest absolute Gasteiger partial charge is 0.258 e. The van der Waals surface area contributed by atoms with E-state index in [-0.39, 0.29) is 17.0 Å². The predicted octanol–water partition coefficient (Wildman–Crippen LogP) is 2.34. The summed E-state index contributed by atoms with van der Waals surface area (Å²) in [5, 5.41) is 10.2. The van der Waals surface area contributed by atoms with Crippen molar-refractivity contribution in [3.63, 3.8) is 0 Å². The highest BCUT2D eigenvalue weighted by Crippen LogP contribution is 2.42. The topological polar surface area (TPSA) is 85.5 Å². The molecule has 3 rings (SSSR count). The van der Waals surface area contributed by atoms with Gasteiger partial charge in [0.25, 0.3) is 5.56 Å². The van der Waals surface area contributed by atoms with E-state index in [2.05, 4.69) is 19.9 Å². The van der Waals surface area contributed by atoms with E-state index in [0.717, 1.165) is 31.7 Å². The number of nitrogens with zero attached hydrogens (tertiary/aromatic N) is 2. The Bertz CT molecular complexity index is 1060. The molecule has 0 bridgehead atoms. The van der Waals surface area contributed by atoms with Crippen molar-refractivity contribution >= 4 is 11.6 Å². The second-order valence-electron chi connectivity index (χ2n) is 7.53.